The van der Waals surface area contributed by atoms with Crippen molar-refractivity contribution in [2.75, 3.05) is 27.2 Å². The molecule has 19 heavy (non-hydrogen) atoms. The fourth-order valence-corrected chi connectivity index (χ4v) is 2.44. The standard InChI is InChI=1S/C16H33NO2/c1-4-5-6-7-8-9-10-11-14-17(2,3)15-12-13-16(18)19/h4-15H2,1-3H3. The molecule has 0 amide bonds. The van der Waals surface area contributed by atoms with Crippen LogP contribution in [0.3, 0.4) is 0 Å². The van der Waals surface area contributed by atoms with Crippen LogP contribution in [0.2, 0.25) is 0 Å². The second kappa shape index (κ2) is 11.3. The number of hydrogen-bond acceptors (Lipinski definition) is 2. The van der Waals surface area contributed by atoms with Gasteiger partial charge in [0.1, 0.15) is 0 Å². The molecule has 0 unspecified atom stereocenters. The summed E-state index contributed by atoms with van der Waals surface area (Å²) >= 11 is 0. The molecule has 0 N–H and O–H groups in total. The van der Waals surface area contributed by atoms with Crippen LogP contribution in [-0.2, 0) is 4.79 Å². The minimum absolute atomic E-state index is 0.194. The van der Waals surface area contributed by atoms with Crippen molar-refractivity contribution in [2.45, 2.75) is 71.1 Å². The number of carbonyl (C=O) groups excluding carboxylic acids is 1. The molecule has 0 spiro atoms. The van der Waals surface area contributed by atoms with Gasteiger partial charge in [-0.2, -0.15) is 0 Å². The van der Waals surface area contributed by atoms with E-state index in [-0.39, 0.29) is 6.42 Å². The van der Waals surface area contributed by atoms with Gasteiger partial charge in [0.15, 0.2) is 0 Å². The highest BCUT2D eigenvalue weighted by Crippen LogP contribution is 2.10. The summed E-state index contributed by atoms with van der Waals surface area (Å²) in [5.74, 6) is -0.924. The van der Waals surface area contributed by atoms with Crippen LogP contribution in [0.4, 0.5) is 0 Å². The molecular formula is C16H33NO2. The summed E-state index contributed by atoms with van der Waals surface area (Å²) in [5.41, 5.74) is 0. The number of rotatable bonds is 13. The Bertz CT molecular complexity index is 227. The van der Waals surface area contributed by atoms with Crippen LogP contribution in [0, 0.1) is 0 Å². The number of unbranched alkanes of at least 4 members (excludes halogenated alkanes) is 7. The van der Waals surface area contributed by atoms with E-state index in [9.17, 15) is 9.90 Å². The van der Waals surface area contributed by atoms with Crippen molar-refractivity contribution in [1.82, 2.24) is 0 Å². The van der Waals surface area contributed by atoms with Gasteiger partial charge in [0.2, 0.25) is 0 Å². The molecule has 0 aliphatic rings. The van der Waals surface area contributed by atoms with E-state index in [2.05, 4.69) is 21.0 Å². The lowest BCUT2D eigenvalue weighted by Crippen LogP contribution is -2.41. The molecule has 0 heterocycles. The number of quaternary nitrogens is 1. The molecule has 3 heteroatoms. The first-order valence-electron chi connectivity index (χ1n) is 8.00. The Morgan fingerprint density at radius 3 is 1.84 bits per heavy atom. The molecule has 0 rings (SSSR count). The van der Waals surface area contributed by atoms with E-state index in [1.807, 2.05) is 0 Å². The van der Waals surface area contributed by atoms with Crippen molar-refractivity contribution in [1.29, 1.82) is 0 Å². The monoisotopic (exact) mass is 271 g/mol. The Balaban J connectivity index is 3.39. The van der Waals surface area contributed by atoms with Crippen LogP contribution >= 0.6 is 0 Å². The van der Waals surface area contributed by atoms with Gasteiger partial charge in [-0.1, -0.05) is 45.4 Å². The fraction of sp³-hybridized carbons (Fsp3) is 0.938. The number of carboxylic acid groups (broad SMARTS) is 1. The highest BCUT2D eigenvalue weighted by molar-refractivity contribution is 5.64. The van der Waals surface area contributed by atoms with E-state index in [4.69, 9.17) is 0 Å². The zero-order chi connectivity index (χ0) is 14.6. The number of carboxylic acids is 1. The predicted octanol–water partition coefficient (Wildman–Crippen LogP) is 2.73. The van der Waals surface area contributed by atoms with E-state index < -0.39 is 5.97 Å². The molecule has 0 bridgehead atoms. The van der Waals surface area contributed by atoms with Crippen LogP contribution in [0.1, 0.15) is 71.1 Å². The number of hydrogen-bond donors (Lipinski definition) is 0. The summed E-state index contributed by atoms with van der Waals surface area (Å²) in [6.45, 7) is 4.34. The van der Waals surface area contributed by atoms with Crippen LogP contribution in [0.5, 0.6) is 0 Å². The molecule has 0 aliphatic carbocycles. The molecule has 114 valence electrons. The Hall–Kier alpha value is -0.570. The van der Waals surface area contributed by atoms with Gasteiger partial charge in [-0.15, -0.1) is 0 Å². The first kappa shape index (κ1) is 18.4. The van der Waals surface area contributed by atoms with Gasteiger partial charge in [-0.05, 0) is 19.3 Å². The largest absolute Gasteiger partial charge is 0.550 e. The highest BCUT2D eigenvalue weighted by atomic mass is 16.4. The van der Waals surface area contributed by atoms with Crippen molar-refractivity contribution >= 4 is 5.97 Å². The molecule has 0 aliphatic heterocycles. The van der Waals surface area contributed by atoms with Gasteiger partial charge in [0.05, 0.1) is 27.2 Å². The van der Waals surface area contributed by atoms with E-state index >= 15 is 0 Å². The molecule has 0 radical (unpaired) electrons. The van der Waals surface area contributed by atoms with Crippen molar-refractivity contribution < 1.29 is 14.4 Å². The lowest BCUT2D eigenvalue weighted by atomic mass is 10.1. The third-order valence-corrected chi connectivity index (χ3v) is 3.76. The smallest absolute Gasteiger partial charge is 0.0786 e. The van der Waals surface area contributed by atoms with Crippen molar-refractivity contribution in [3.63, 3.8) is 0 Å². The zero-order valence-electron chi connectivity index (χ0n) is 13.2. The Morgan fingerprint density at radius 1 is 0.842 bits per heavy atom. The molecule has 0 aromatic heterocycles. The summed E-state index contributed by atoms with van der Waals surface area (Å²) in [6, 6.07) is 0. The molecule has 0 aromatic rings. The maximum Gasteiger partial charge on any atom is 0.0786 e. The van der Waals surface area contributed by atoms with E-state index in [0.29, 0.717) is 0 Å². The fourth-order valence-electron chi connectivity index (χ4n) is 2.44. The molecule has 0 atom stereocenters. The van der Waals surface area contributed by atoms with E-state index in [0.717, 1.165) is 24.0 Å². The van der Waals surface area contributed by atoms with Crippen LogP contribution in [0.25, 0.3) is 0 Å². The summed E-state index contributed by atoms with van der Waals surface area (Å²) < 4.78 is 0.934. The highest BCUT2D eigenvalue weighted by Gasteiger charge is 2.13. The number of aliphatic carboxylic acids is 1. The molecular weight excluding hydrogens is 238 g/mol. The summed E-state index contributed by atoms with van der Waals surface area (Å²) in [4.78, 5) is 10.4. The van der Waals surface area contributed by atoms with Gasteiger partial charge in [-0.3, -0.25) is 0 Å². The van der Waals surface area contributed by atoms with Crippen LogP contribution in [-0.4, -0.2) is 37.6 Å². The van der Waals surface area contributed by atoms with Gasteiger partial charge >= 0.3 is 0 Å². The first-order valence-corrected chi connectivity index (χ1v) is 8.00. The summed E-state index contributed by atoms with van der Waals surface area (Å²) in [6.07, 6.45) is 11.7. The Morgan fingerprint density at radius 2 is 1.32 bits per heavy atom. The van der Waals surface area contributed by atoms with Gasteiger partial charge in [0.25, 0.3) is 0 Å². The zero-order valence-corrected chi connectivity index (χ0v) is 13.2. The maximum atomic E-state index is 10.4. The van der Waals surface area contributed by atoms with Crippen LogP contribution in [0.15, 0.2) is 0 Å². The Labute approximate surface area is 119 Å². The van der Waals surface area contributed by atoms with Crippen molar-refractivity contribution in [2.24, 2.45) is 0 Å². The minimum Gasteiger partial charge on any atom is -0.550 e. The lowest BCUT2D eigenvalue weighted by Gasteiger charge is -2.30. The minimum atomic E-state index is -0.924. The molecule has 0 saturated carbocycles. The normalized spacial score (nSPS) is 11.7. The van der Waals surface area contributed by atoms with Crippen molar-refractivity contribution in [3.8, 4) is 0 Å². The van der Waals surface area contributed by atoms with E-state index in [1.165, 1.54) is 51.4 Å². The molecule has 0 aromatic carbocycles. The molecule has 3 nitrogen and oxygen atoms in total. The van der Waals surface area contributed by atoms with Crippen LogP contribution < -0.4 is 5.11 Å². The first-order chi connectivity index (χ1) is 8.98. The van der Waals surface area contributed by atoms with Gasteiger partial charge in [0, 0.05) is 12.4 Å². The number of carbonyl (C=O) groups is 1. The van der Waals surface area contributed by atoms with E-state index in [1.54, 1.807) is 0 Å². The van der Waals surface area contributed by atoms with Crippen molar-refractivity contribution in [3.05, 3.63) is 0 Å². The lowest BCUT2D eigenvalue weighted by molar-refractivity contribution is -0.890. The third kappa shape index (κ3) is 13.7. The quantitative estimate of drug-likeness (QED) is 0.382. The SMILES string of the molecule is CCCCCCCCCC[N+](C)(C)CCCC(=O)[O-]. The molecule has 0 fully saturated rings. The Kier molecular flexibility index (Phi) is 10.9. The molecule has 0 saturated heterocycles. The van der Waals surface area contributed by atoms with Gasteiger partial charge < -0.3 is 14.4 Å². The predicted molar refractivity (Wildman–Crippen MR) is 78.7 cm³/mol. The maximum absolute atomic E-state index is 10.4. The third-order valence-electron chi connectivity index (χ3n) is 3.76. The second-order valence-corrected chi connectivity index (χ2v) is 6.33. The number of nitrogens with zero attached hydrogens (tertiary/aromatic N) is 1. The summed E-state index contributed by atoms with van der Waals surface area (Å²) in [5, 5.41) is 10.4. The topological polar surface area (TPSA) is 40.1 Å². The average Bonchev–Trinajstić information content (AvgIpc) is 2.31. The van der Waals surface area contributed by atoms with Gasteiger partial charge in [-0.25, -0.2) is 0 Å². The second-order valence-electron chi connectivity index (χ2n) is 6.33. The average molecular weight is 271 g/mol. The summed E-state index contributed by atoms with van der Waals surface area (Å²) in [7, 11) is 4.38.